The Morgan fingerprint density at radius 3 is 2.78 bits per heavy atom. The van der Waals surface area contributed by atoms with E-state index in [0.29, 0.717) is 17.9 Å². The normalized spacial score (nSPS) is 10.8. The molecular weight excluding hydrogens is 226 g/mol. The minimum atomic E-state index is -0.285. The van der Waals surface area contributed by atoms with Crippen LogP contribution in [0.1, 0.15) is 49.9 Å². The monoisotopic (exact) mass is 247 g/mol. The first-order chi connectivity index (χ1) is 8.79. The molecule has 0 spiro atoms. The van der Waals surface area contributed by atoms with E-state index in [1.807, 2.05) is 25.1 Å². The van der Waals surface area contributed by atoms with Gasteiger partial charge in [-0.05, 0) is 25.5 Å². The first kappa shape index (κ1) is 14.4. The van der Waals surface area contributed by atoms with Crippen molar-refractivity contribution in [1.82, 2.24) is 0 Å². The summed E-state index contributed by atoms with van der Waals surface area (Å²) in [5.74, 6) is -0.285. The number of unbranched alkanes of at least 4 members (excludes halogenated alkanes) is 3. The standard InChI is InChI=1S/C15H21NO2/c1-3-5-6-9-12-18-15(17)13-10-7-8-11-14(13)16-4-2/h4,7-8,10-11H,3,5-6,9,12H2,1-2H3. The van der Waals surface area contributed by atoms with Crippen molar-refractivity contribution in [3.8, 4) is 0 Å². The van der Waals surface area contributed by atoms with Gasteiger partial charge in [0.1, 0.15) is 0 Å². The maximum atomic E-state index is 11.9. The number of hydrogen-bond acceptors (Lipinski definition) is 3. The molecule has 0 aliphatic carbocycles. The summed E-state index contributed by atoms with van der Waals surface area (Å²) in [4.78, 5) is 16.0. The molecule has 0 heterocycles. The Kier molecular flexibility index (Phi) is 6.77. The summed E-state index contributed by atoms with van der Waals surface area (Å²) in [7, 11) is 0. The molecule has 0 aliphatic heterocycles. The summed E-state index contributed by atoms with van der Waals surface area (Å²) in [6.07, 6.45) is 6.08. The molecule has 1 aromatic carbocycles. The maximum Gasteiger partial charge on any atom is 0.340 e. The summed E-state index contributed by atoms with van der Waals surface area (Å²) in [6, 6.07) is 7.24. The Hall–Kier alpha value is -1.64. The molecule has 3 heteroatoms. The molecule has 0 radical (unpaired) electrons. The smallest absolute Gasteiger partial charge is 0.340 e. The van der Waals surface area contributed by atoms with Crippen LogP contribution in [0.4, 0.5) is 5.69 Å². The van der Waals surface area contributed by atoms with Gasteiger partial charge in [-0.15, -0.1) is 0 Å². The van der Waals surface area contributed by atoms with Gasteiger partial charge in [-0.2, -0.15) is 0 Å². The quantitative estimate of drug-likeness (QED) is 0.412. The van der Waals surface area contributed by atoms with E-state index >= 15 is 0 Å². The zero-order valence-electron chi connectivity index (χ0n) is 11.2. The Morgan fingerprint density at radius 2 is 2.06 bits per heavy atom. The molecule has 0 saturated carbocycles. The number of aliphatic imine (C=N–C) groups is 1. The van der Waals surface area contributed by atoms with E-state index in [1.54, 1.807) is 12.3 Å². The number of esters is 1. The molecule has 3 nitrogen and oxygen atoms in total. The fraction of sp³-hybridized carbons (Fsp3) is 0.467. The van der Waals surface area contributed by atoms with Gasteiger partial charge in [0.05, 0.1) is 17.9 Å². The fourth-order valence-electron chi connectivity index (χ4n) is 1.67. The average Bonchev–Trinajstić information content (AvgIpc) is 2.39. The van der Waals surface area contributed by atoms with E-state index in [1.165, 1.54) is 12.8 Å². The molecule has 0 atom stereocenters. The van der Waals surface area contributed by atoms with Crippen LogP contribution in [-0.2, 0) is 4.74 Å². The van der Waals surface area contributed by atoms with Crippen LogP contribution in [0.25, 0.3) is 0 Å². The number of carbonyl (C=O) groups is 1. The SMILES string of the molecule is CC=Nc1ccccc1C(=O)OCCCCCC. The van der Waals surface area contributed by atoms with Crippen LogP contribution in [0.2, 0.25) is 0 Å². The van der Waals surface area contributed by atoms with Gasteiger partial charge in [-0.25, -0.2) is 4.79 Å². The molecule has 0 amide bonds. The Balaban J connectivity index is 2.51. The zero-order valence-corrected chi connectivity index (χ0v) is 11.2. The summed E-state index contributed by atoms with van der Waals surface area (Å²) in [5.41, 5.74) is 1.20. The lowest BCUT2D eigenvalue weighted by atomic mass is 10.2. The lowest BCUT2D eigenvalue weighted by Crippen LogP contribution is -2.06. The average molecular weight is 247 g/mol. The molecule has 0 aromatic heterocycles. The van der Waals surface area contributed by atoms with Gasteiger partial charge in [0.25, 0.3) is 0 Å². The highest BCUT2D eigenvalue weighted by atomic mass is 16.5. The van der Waals surface area contributed by atoms with Crippen LogP contribution in [-0.4, -0.2) is 18.8 Å². The Labute approximate surface area is 109 Å². The molecule has 1 aromatic rings. The van der Waals surface area contributed by atoms with Crippen molar-refractivity contribution in [1.29, 1.82) is 0 Å². The van der Waals surface area contributed by atoms with Gasteiger partial charge in [0.2, 0.25) is 0 Å². The van der Waals surface area contributed by atoms with Crippen molar-refractivity contribution in [2.24, 2.45) is 4.99 Å². The second kappa shape index (κ2) is 8.45. The number of nitrogens with zero attached hydrogens (tertiary/aromatic N) is 1. The molecule has 18 heavy (non-hydrogen) atoms. The minimum absolute atomic E-state index is 0.285. The Bertz CT molecular complexity index is 399. The molecular formula is C15H21NO2. The molecule has 0 N–H and O–H groups in total. The van der Waals surface area contributed by atoms with Crippen LogP contribution in [0.3, 0.4) is 0 Å². The van der Waals surface area contributed by atoms with Gasteiger partial charge in [0.15, 0.2) is 0 Å². The van der Waals surface area contributed by atoms with Crippen LogP contribution in [0, 0.1) is 0 Å². The van der Waals surface area contributed by atoms with E-state index in [4.69, 9.17) is 4.74 Å². The summed E-state index contributed by atoms with van der Waals surface area (Å²) < 4.78 is 5.25. The third-order valence-corrected chi connectivity index (χ3v) is 2.62. The number of carbonyl (C=O) groups excluding carboxylic acids is 1. The number of rotatable bonds is 7. The van der Waals surface area contributed by atoms with Crippen molar-refractivity contribution < 1.29 is 9.53 Å². The number of para-hydroxylation sites is 1. The van der Waals surface area contributed by atoms with Gasteiger partial charge >= 0.3 is 5.97 Å². The summed E-state index contributed by atoms with van der Waals surface area (Å²) in [5, 5.41) is 0. The molecule has 0 bridgehead atoms. The molecule has 0 aliphatic rings. The lowest BCUT2D eigenvalue weighted by molar-refractivity contribution is 0.0499. The van der Waals surface area contributed by atoms with Crippen molar-refractivity contribution in [3.63, 3.8) is 0 Å². The Morgan fingerprint density at radius 1 is 1.28 bits per heavy atom. The third-order valence-electron chi connectivity index (χ3n) is 2.62. The maximum absolute atomic E-state index is 11.9. The summed E-state index contributed by atoms with van der Waals surface area (Å²) >= 11 is 0. The number of benzene rings is 1. The van der Waals surface area contributed by atoms with Gasteiger partial charge in [0, 0.05) is 6.21 Å². The summed E-state index contributed by atoms with van der Waals surface area (Å²) in [6.45, 7) is 4.47. The minimum Gasteiger partial charge on any atom is -0.462 e. The second-order valence-electron chi connectivity index (χ2n) is 4.10. The highest BCUT2D eigenvalue weighted by Crippen LogP contribution is 2.19. The molecule has 0 unspecified atom stereocenters. The van der Waals surface area contributed by atoms with Gasteiger partial charge < -0.3 is 4.74 Å². The first-order valence-corrected chi connectivity index (χ1v) is 6.54. The van der Waals surface area contributed by atoms with Crippen molar-refractivity contribution in [3.05, 3.63) is 29.8 Å². The fourth-order valence-corrected chi connectivity index (χ4v) is 1.67. The van der Waals surface area contributed by atoms with E-state index in [0.717, 1.165) is 12.8 Å². The zero-order chi connectivity index (χ0) is 13.2. The van der Waals surface area contributed by atoms with Crippen LogP contribution >= 0.6 is 0 Å². The highest BCUT2D eigenvalue weighted by Gasteiger charge is 2.10. The van der Waals surface area contributed by atoms with E-state index in [2.05, 4.69) is 11.9 Å². The molecule has 98 valence electrons. The van der Waals surface area contributed by atoms with E-state index in [9.17, 15) is 4.79 Å². The van der Waals surface area contributed by atoms with E-state index < -0.39 is 0 Å². The largest absolute Gasteiger partial charge is 0.462 e. The predicted octanol–water partition coefficient (Wildman–Crippen LogP) is 4.15. The van der Waals surface area contributed by atoms with Crippen molar-refractivity contribution >= 4 is 17.9 Å². The van der Waals surface area contributed by atoms with Crippen LogP contribution < -0.4 is 0 Å². The van der Waals surface area contributed by atoms with Crippen molar-refractivity contribution in [2.75, 3.05) is 6.61 Å². The predicted molar refractivity (Wildman–Crippen MR) is 74.7 cm³/mol. The topological polar surface area (TPSA) is 38.7 Å². The number of hydrogen-bond donors (Lipinski definition) is 0. The van der Waals surface area contributed by atoms with Crippen molar-refractivity contribution in [2.45, 2.75) is 39.5 Å². The van der Waals surface area contributed by atoms with Gasteiger partial charge in [-0.3, -0.25) is 4.99 Å². The van der Waals surface area contributed by atoms with Crippen LogP contribution in [0.5, 0.6) is 0 Å². The lowest BCUT2D eigenvalue weighted by Gasteiger charge is -2.06. The van der Waals surface area contributed by atoms with Crippen LogP contribution in [0.15, 0.2) is 29.3 Å². The highest BCUT2D eigenvalue weighted by molar-refractivity contribution is 5.95. The molecule has 0 fully saturated rings. The van der Waals surface area contributed by atoms with E-state index in [-0.39, 0.29) is 5.97 Å². The third kappa shape index (κ3) is 4.70. The molecule has 1 rings (SSSR count). The number of ether oxygens (including phenoxy) is 1. The first-order valence-electron chi connectivity index (χ1n) is 6.54. The second-order valence-corrected chi connectivity index (χ2v) is 4.10. The molecule has 0 saturated heterocycles. The van der Waals surface area contributed by atoms with Gasteiger partial charge in [-0.1, -0.05) is 38.3 Å².